The fourth-order valence-corrected chi connectivity index (χ4v) is 12.1. The van der Waals surface area contributed by atoms with Gasteiger partial charge in [-0.05, 0) is 45.9 Å². The van der Waals surface area contributed by atoms with Crippen LogP contribution in [0.2, 0.25) is 0 Å². The highest BCUT2D eigenvalue weighted by Crippen LogP contribution is 2.59. The largest absolute Gasteiger partial charge is 0.241 e. The number of benzene rings is 4. The Kier molecular flexibility index (Phi) is 8.66. The smallest absolute Gasteiger partial charge is 0.0325 e. The second kappa shape index (κ2) is 12.3. The van der Waals surface area contributed by atoms with Crippen molar-refractivity contribution in [3.8, 4) is 0 Å². The predicted octanol–water partition coefficient (Wildman–Crippen LogP) is 7.60. The Hall–Kier alpha value is -2.30. The quantitative estimate of drug-likeness (QED) is 0.221. The van der Waals surface area contributed by atoms with E-state index >= 15 is 0 Å². The van der Waals surface area contributed by atoms with E-state index in [1.165, 1.54) is 46.9 Å². The lowest BCUT2D eigenvalue weighted by Crippen LogP contribution is -2.45. The Labute approximate surface area is 220 Å². The minimum atomic E-state index is -0.713. The van der Waals surface area contributed by atoms with Gasteiger partial charge in [-0.25, -0.2) is 4.44 Å². The van der Waals surface area contributed by atoms with E-state index in [2.05, 4.69) is 140 Å². The molecular formula is C33H37NP2. The molecule has 0 aliphatic heterocycles. The topological polar surface area (TPSA) is 3.24 Å². The maximum Gasteiger partial charge on any atom is 0.0325 e. The summed E-state index contributed by atoms with van der Waals surface area (Å²) in [5.41, 5.74) is 0. The summed E-state index contributed by atoms with van der Waals surface area (Å²) in [7, 11) is -1.43. The van der Waals surface area contributed by atoms with Crippen molar-refractivity contribution < 1.29 is 0 Å². The predicted molar refractivity (Wildman–Crippen MR) is 161 cm³/mol. The van der Waals surface area contributed by atoms with E-state index in [1.807, 2.05) is 0 Å². The van der Waals surface area contributed by atoms with Crippen molar-refractivity contribution in [3.63, 3.8) is 0 Å². The molecule has 1 fully saturated rings. The average Bonchev–Trinajstić information content (AvgIpc) is 2.95. The second-order valence-corrected chi connectivity index (χ2v) is 14.5. The highest BCUT2D eigenvalue weighted by atomic mass is 31.2. The van der Waals surface area contributed by atoms with Crippen LogP contribution >= 0.6 is 16.1 Å². The summed E-state index contributed by atoms with van der Waals surface area (Å²) >= 11 is 0. The molecule has 0 heterocycles. The first-order valence-electron chi connectivity index (χ1n) is 13.3. The monoisotopic (exact) mass is 509 g/mol. The second-order valence-electron chi connectivity index (χ2n) is 10.0. The number of rotatable bonds is 8. The van der Waals surface area contributed by atoms with Crippen LogP contribution < -0.4 is 21.2 Å². The Balaban J connectivity index is 1.77. The van der Waals surface area contributed by atoms with Crippen molar-refractivity contribution in [2.45, 2.75) is 45.6 Å². The normalized spacial score (nSPS) is 18.3. The molecule has 0 saturated heterocycles. The number of hydrogen-bond donors (Lipinski definition) is 0. The van der Waals surface area contributed by atoms with Crippen molar-refractivity contribution in [3.05, 3.63) is 121 Å². The molecule has 0 unspecified atom stereocenters. The third-order valence-electron chi connectivity index (χ3n) is 7.35. The van der Waals surface area contributed by atoms with Gasteiger partial charge in [0.25, 0.3) is 0 Å². The van der Waals surface area contributed by atoms with E-state index in [4.69, 9.17) is 0 Å². The Bertz CT molecular complexity index is 1020. The van der Waals surface area contributed by atoms with Crippen LogP contribution in [0.25, 0.3) is 0 Å². The van der Waals surface area contributed by atoms with Gasteiger partial charge in [0, 0.05) is 22.2 Å². The summed E-state index contributed by atoms with van der Waals surface area (Å²) < 4.78 is 3.03. The lowest BCUT2D eigenvalue weighted by molar-refractivity contribution is 0.191. The molecule has 3 heteroatoms. The van der Waals surface area contributed by atoms with Gasteiger partial charge in [0.05, 0.1) is 0 Å². The van der Waals surface area contributed by atoms with Crippen molar-refractivity contribution in [2.75, 3.05) is 0 Å². The van der Waals surface area contributed by atoms with Crippen LogP contribution in [0.5, 0.6) is 0 Å². The molecule has 0 N–H and O–H groups in total. The van der Waals surface area contributed by atoms with Crippen LogP contribution in [0.3, 0.4) is 0 Å². The van der Waals surface area contributed by atoms with E-state index in [9.17, 15) is 0 Å². The van der Waals surface area contributed by atoms with Crippen molar-refractivity contribution >= 4 is 37.4 Å². The van der Waals surface area contributed by atoms with Crippen LogP contribution in [-0.4, -0.2) is 10.5 Å². The molecule has 0 aromatic heterocycles. The average molecular weight is 510 g/mol. The molecule has 1 aliphatic rings. The zero-order chi connectivity index (χ0) is 24.7. The van der Waals surface area contributed by atoms with Crippen molar-refractivity contribution in [1.29, 1.82) is 0 Å². The molecule has 0 spiro atoms. The Morgan fingerprint density at radius 1 is 0.528 bits per heavy atom. The molecule has 1 aliphatic carbocycles. The van der Waals surface area contributed by atoms with E-state index in [-0.39, 0.29) is 0 Å². The van der Waals surface area contributed by atoms with Crippen molar-refractivity contribution in [2.24, 2.45) is 11.8 Å². The van der Waals surface area contributed by atoms with Gasteiger partial charge >= 0.3 is 0 Å². The fraction of sp³-hybridized carbons (Fsp3) is 0.273. The molecule has 184 valence electrons. The fourth-order valence-electron chi connectivity index (χ4n) is 5.64. The molecular weight excluding hydrogens is 472 g/mol. The summed E-state index contributed by atoms with van der Waals surface area (Å²) in [5.74, 6) is 1.37. The van der Waals surface area contributed by atoms with Gasteiger partial charge in [-0.1, -0.05) is 148 Å². The molecule has 1 nitrogen and oxygen atoms in total. The SMILES string of the molecule is CC(C)[C@@H]1CCCC[C@H]1N(P(c1ccccc1)c1ccccc1)P(c1ccccc1)c1ccccc1. The van der Waals surface area contributed by atoms with Gasteiger partial charge in [-0.15, -0.1) is 0 Å². The van der Waals surface area contributed by atoms with Crippen molar-refractivity contribution in [1.82, 2.24) is 4.44 Å². The number of nitrogens with zero attached hydrogens (tertiary/aromatic N) is 1. The Morgan fingerprint density at radius 2 is 0.861 bits per heavy atom. The van der Waals surface area contributed by atoms with Gasteiger partial charge in [0.1, 0.15) is 0 Å². The molecule has 5 rings (SSSR count). The van der Waals surface area contributed by atoms with Gasteiger partial charge in [-0.3, -0.25) is 0 Å². The first-order chi connectivity index (χ1) is 17.7. The molecule has 0 bridgehead atoms. The summed E-state index contributed by atoms with van der Waals surface area (Å²) in [5, 5.41) is 5.80. The third kappa shape index (κ3) is 5.65. The molecule has 0 amide bonds. The molecule has 0 radical (unpaired) electrons. The number of hydrogen-bond acceptors (Lipinski definition) is 1. The van der Waals surface area contributed by atoms with Gasteiger partial charge in [0.15, 0.2) is 0 Å². The first kappa shape index (κ1) is 25.4. The first-order valence-corrected chi connectivity index (χ1v) is 15.9. The lowest BCUT2D eigenvalue weighted by atomic mass is 9.78. The van der Waals surface area contributed by atoms with Crippen LogP contribution in [0.15, 0.2) is 121 Å². The lowest BCUT2D eigenvalue weighted by Gasteiger charge is -2.49. The van der Waals surface area contributed by atoms with Gasteiger partial charge in [0.2, 0.25) is 0 Å². The molecule has 2 atom stereocenters. The minimum absolute atomic E-state index is 0.553. The zero-order valence-corrected chi connectivity index (χ0v) is 23.2. The van der Waals surface area contributed by atoms with Crippen LogP contribution in [0, 0.1) is 11.8 Å². The van der Waals surface area contributed by atoms with Crippen LogP contribution in [0.4, 0.5) is 0 Å². The Morgan fingerprint density at radius 3 is 1.19 bits per heavy atom. The molecule has 4 aromatic carbocycles. The summed E-state index contributed by atoms with van der Waals surface area (Å²) in [6.45, 7) is 4.89. The molecule has 1 saturated carbocycles. The maximum absolute atomic E-state index is 3.03. The van der Waals surface area contributed by atoms with E-state index in [0.717, 1.165) is 0 Å². The van der Waals surface area contributed by atoms with Crippen LogP contribution in [0.1, 0.15) is 39.5 Å². The standard InChI is InChI=1S/C33H37NP2/c1-27(2)32-25-15-16-26-33(32)34(35(28-17-7-3-8-18-28)29-19-9-4-10-20-29)36(30-21-11-5-12-22-30)31-23-13-6-14-24-31/h3-14,17-24,27,32-33H,15-16,25-26H2,1-2H3/t32-,33+/m0/s1. The third-order valence-corrected chi connectivity index (χ3v) is 13.0. The highest BCUT2D eigenvalue weighted by molar-refractivity contribution is 7.84. The van der Waals surface area contributed by atoms with Gasteiger partial charge in [-0.2, -0.15) is 0 Å². The maximum atomic E-state index is 3.03. The van der Waals surface area contributed by atoms with E-state index in [1.54, 1.807) is 0 Å². The minimum Gasteiger partial charge on any atom is -0.241 e. The summed E-state index contributed by atoms with van der Waals surface area (Å²) in [6.07, 6.45) is 5.29. The van der Waals surface area contributed by atoms with Gasteiger partial charge < -0.3 is 0 Å². The van der Waals surface area contributed by atoms with E-state index in [0.29, 0.717) is 17.9 Å². The van der Waals surface area contributed by atoms with Crippen LogP contribution in [-0.2, 0) is 0 Å². The zero-order valence-electron chi connectivity index (χ0n) is 21.4. The summed E-state index contributed by atoms with van der Waals surface area (Å²) in [6, 6.07) is 45.9. The highest BCUT2D eigenvalue weighted by Gasteiger charge is 2.41. The molecule has 36 heavy (non-hydrogen) atoms. The summed E-state index contributed by atoms with van der Waals surface area (Å²) in [4.78, 5) is 0. The van der Waals surface area contributed by atoms with E-state index < -0.39 is 16.1 Å². The molecule has 4 aromatic rings.